The molecule has 0 bridgehead atoms. The second-order valence-corrected chi connectivity index (χ2v) is 4.60. The first-order chi connectivity index (χ1) is 8.52. The molecule has 0 N–H and O–H groups in total. The summed E-state index contributed by atoms with van der Waals surface area (Å²) in [5, 5.41) is -0.429. The van der Waals surface area contributed by atoms with Crippen LogP contribution in [0, 0.1) is 0 Å². The molecular weight excluding hydrogens is 262 g/mol. The Morgan fingerprint density at radius 3 is 2.72 bits per heavy atom. The van der Waals surface area contributed by atoms with Crippen LogP contribution >= 0.6 is 11.6 Å². The van der Waals surface area contributed by atoms with Gasteiger partial charge in [-0.05, 0) is 19.1 Å². The highest BCUT2D eigenvalue weighted by Crippen LogP contribution is 2.27. The highest BCUT2D eigenvalue weighted by atomic mass is 35.5. The van der Waals surface area contributed by atoms with Gasteiger partial charge in [-0.15, -0.1) is 11.6 Å². The molecule has 6 heteroatoms. The van der Waals surface area contributed by atoms with Crippen LogP contribution < -0.4 is 4.74 Å². The number of hydrogen-bond donors (Lipinski definition) is 0. The van der Waals surface area contributed by atoms with Crippen molar-refractivity contribution >= 4 is 22.6 Å². The molecule has 0 aliphatic heterocycles. The van der Waals surface area contributed by atoms with E-state index in [1.165, 1.54) is 11.7 Å². The molecule has 1 heterocycles. The summed E-state index contributed by atoms with van der Waals surface area (Å²) in [5.41, 5.74) is 1.25. The maximum absolute atomic E-state index is 12.6. The number of methoxy groups -OCH3 is 1. The number of halogens is 3. The van der Waals surface area contributed by atoms with E-state index in [-0.39, 0.29) is 0 Å². The summed E-state index contributed by atoms with van der Waals surface area (Å²) in [7, 11) is 1.53. The Bertz CT molecular complexity index is 554. The van der Waals surface area contributed by atoms with Gasteiger partial charge in [-0.2, -0.15) is 0 Å². The van der Waals surface area contributed by atoms with E-state index in [0.29, 0.717) is 22.6 Å². The van der Waals surface area contributed by atoms with Crippen LogP contribution in [0.4, 0.5) is 8.78 Å². The first kappa shape index (κ1) is 13.1. The number of benzene rings is 1. The van der Waals surface area contributed by atoms with Crippen LogP contribution in [0.1, 0.15) is 18.1 Å². The van der Waals surface area contributed by atoms with E-state index in [2.05, 4.69) is 4.98 Å². The number of fused-ring (bicyclic) bond motifs is 1. The van der Waals surface area contributed by atoms with Crippen molar-refractivity contribution in [2.45, 2.75) is 25.3 Å². The molecule has 0 saturated carbocycles. The highest BCUT2D eigenvalue weighted by Gasteiger charge is 2.18. The molecule has 0 amide bonds. The van der Waals surface area contributed by atoms with Gasteiger partial charge in [0, 0.05) is 6.07 Å². The van der Waals surface area contributed by atoms with Gasteiger partial charge in [0.25, 0.3) is 6.43 Å². The topological polar surface area (TPSA) is 27.1 Å². The summed E-state index contributed by atoms with van der Waals surface area (Å²) in [6.45, 7) is 1.29. The van der Waals surface area contributed by atoms with Crippen molar-refractivity contribution in [1.29, 1.82) is 0 Å². The van der Waals surface area contributed by atoms with Crippen molar-refractivity contribution in [3.8, 4) is 5.75 Å². The maximum atomic E-state index is 12.6. The number of nitrogens with zero attached hydrogens (tertiary/aromatic N) is 2. The maximum Gasteiger partial charge on any atom is 0.256 e. The van der Waals surface area contributed by atoms with Gasteiger partial charge in [0.1, 0.15) is 11.6 Å². The minimum Gasteiger partial charge on any atom is -0.497 e. The molecule has 0 spiro atoms. The molecule has 3 nitrogen and oxygen atoms in total. The number of hydrogen-bond acceptors (Lipinski definition) is 2. The molecular formula is C12H13ClF2N2O. The van der Waals surface area contributed by atoms with Crippen molar-refractivity contribution in [2.75, 3.05) is 7.11 Å². The van der Waals surface area contributed by atoms with Gasteiger partial charge in [-0.3, -0.25) is 0 Å². The summed E-state index contributed by atoms with van der Waals surface area (Å²) in [5.74, 6) is 1.05. The van der Waals surface area contributed by atoms with E-state index in [1.54, 1.807) is 25.1 Å². The Morgan fingerprint density at radius 2 is 2.17 bits per heavy atom. The largest absolute Gasteiger partial charge is 0.497 e. The molecule has 18 heavy (non-hydrogen) atoms. The second kappa shape index (κ2) is 5.10. The number of rotatable bonds is 4. The van der Waals surface area contributed by atoms with Crippen LogP contribution in [0.25, 0.3) is 11.0 Å². The lowest BCUT2D eigenvalue weighted by molar-refractivity contribution is 0.127. The molecule has 1 aromatic carbocycles. The summed E-state index contributed by atoms with van der Waals surface area (Å²) in [4.78, 5) is 4.28. The zero-order valence-corrected chi connectivity index (χ0v) is 10.8. The van der Waals surface area contributed by atoms with Crippen molar-refractivity contribution in [3.63, 3.8) is 0 Å². The Kier molecular flexibility index (Phi) is 3.71. The van der Waals surface area contributed by atoms with E-state index >= 15 is 0 Å². The highest BCUT2D eigenvalue weighted by molar-refractivity contribution is 6.20. The standard InChI is InChI=1S/C12H13ClF2N2O/c1-7(13)12-16-9-4-3-8(18-2)5-10(9)17(12)6-11(14)15/h3-5,7,11H,6H2,1-2H3. The fourth-order valence-electron chi connectivity index (χ4n) is 1.88. The van der Waals surface area contributed by atoms with E-state index in [9.17, 15) is 8.78 Å². The van der Waals surface area contributed by atoms with Gasteiger partial charge in [0.05, 0.1) is 30.1 Å². The fourth-order valence-corrected chi connectivity index (χ4v) is 2.05. The number of ether oxygens (including phenoxy) is 1. The van der Waals surface area contributed by atoms with Gasteiger partial charge in [-0.1, -0.05) is 0 Å². The number of imidazole rings is 1. The Labute approximate surface area is 108 Å². The lowest BCUT2D eigenvalue weighted by atomic mass is 10.3. The molecule has 0 aliphatic carbocycles. The van der Waals surface area contributed by atoms with Crippen LogP contribution in [0.15, 0.2) is 18.2 Å². The van der Waals surface area contributed by atoms with Gasteiger partial charge >= 0.3 is 0 Å². The first-order valence-corrected chi connectivity index (χ1v) is 5.93. The third-order valence-electron chi connectivity index (χ3n) is 2.66. The van der Waals surface area contributed by atoms with Crippen molar-refractivity contribution < 1.29 is 13.5 Å². The second-order valence-electron chi connectivity index (χ2n) is 3.94. The fraction of sp³-hybridized carbons (Fsp3) is 0.417. The smallest absolute Gasteiger partial charge is 0.256 e. The molecule has 1 atom stereocenters. The quantitative estimate of drug-likeness (QED) is 0.797. The average molecular weight is 275 g/mol. The number of aromatic nitrogens is 2. The molecule has 0 radical (unpaired) electrons. The Morgan fingerprint density at radius 1 is 1.44 bits per heavy atom. The Balaban J connectivity index is 2.62. The van der Waals surface area contributed by atoms with E-state index in [0.717, 1.165) is 0 Å². The molecule has 2 rings (SSSR count). The minimum absolute atomic E-state index is 0.421. The predicted molar refractivity (Wildman–Crippen MR) is 66.6 cm³/mol. The molecule has 1 aromatic heterocycles. The average Bonchev–Trinajstić information content (AvgIpc) is 2.67. The van der Waals surface area contributed by atoms with Crippen LogP contribution in [0.2, 0.25) is 0 Å². The van der Waals surface area contributed by atoms with E-state index in [4.69, 9.17) is 16.3 Å². The third-order valence-corrected chi connectivity index (χ3v) is 2.86. The summed E-state index contributed by atoms with van der Waals surface area (Å²) in [6.07, 6.45) is -2.46. The van der Waals surface area contributed by atoms with Gasteiger partial charge in [0.15, 0.2) is 0 Å². The van der Waals surface area contributed by atoms with Crippen LogP contribution in [0.5, 0.6) is 5.75 Å². The molecule has 0 aliphatic rings. The van der Waals surface area contributed by atoms with Crippen molar-refractivity contribution in [3.05, 3.63) is 24.0 Å². The van der Waals surface area contributed by atoms with Crippen molar-refractivity contribution in [1.82, 2.24) is 9.55 Å². The SMILES string of the molecule is COc1ccc2nc(C(C)Cl)n(CC(F)F)c2c1. The van der Waals surface area contributed by atoms with E-state index in [1.807, 2.05) is 0 Å². The van der Waals surface area contributed by atoms with E-state index < -0.39 is 18.3 Å². The summed E-state index contributed by atoms with van der Waals surface area (Å²) >= 11 is 5.98. The van der Waals surface area contributed by atoms with Crippen LogP contribution in [-0.2, 0) is 6.54 Å². The third kappa shape index (κ3) is 2.41. The van der Waals surface area contributed by atoms with Crippen LogP contribution in [-0.4, -0.2) is 23.1 Å². The van der Waals surface area contributed by atoms with Gasteiger partial charge in [0.2, 0.25) is 0 Å². The monoisotopic (exact) mass is 274 g/mol. The number of alkyl halides is 3. The minimum atomic E-state index is -2.46. The molecule has 98 valence electrons. The van der Waals surface area contributed by atoms with Gasteiger partial charge < -0.3 is 9.30 Å². The lowest BCUT2D eigenvalue weighted by Gasteiger charge is -2.10. The van der Waals surface area contributed by atoms with Crippen molar-refractivity contribution in [2.24, 2.45) is 0 Å². The predicted octanol–water partition coefficient (Wildman–Crippen LogP) is 3.61. The molecule has 0 saturated heterocycles. The molecule has 2 aromatic rings. The Hall–Kier alpha value is -1.36. The summed E-state index contributed by atoms with van der Waals surface area (Å²) < 4.78 is 31.8. The van der Waals surface area contributed by atoms with Crippen LogP contribution in [0.3, 0.4) is 0 Å². The molecule has 0 fully saturated rings. The first-order valence-electron chi connectivity index (χ1n) is 5.49. The normalized spacial score (nSPS) is 13.2. The lowest BCUT2D eigenvalue weighted by Crippen LogP contribution is -2.10. The zero-order chi connectivity index (χ0) is 13.3. The van der Waals surface area contributed by atoms with Gasteiger partial charge in [-0.25, -0.2) is 13.8 Å². The molecule has 1 unspecified atom stereocenters. The summed E-state index contributed by atoms with van der Waals surface area (Å²) in [6, 6.07) is 5.16. The zero-order valence-electron chi connectivity index (χ0n) is 10.0.